The number of carbonyl (C=O) groups is 1. The van der Waals surface area contributed by atoms with Crippen molar-refractivity contribution in [1.82, 2.24) is 10.2 Å². The summed E-state index contributed by atoms with van der Waals surface area (Å²) in [5.74, 6) is 0.899. The van der Waals surface area contributed by atoms with Gasteiger partial charge in [-0.1, -0.05) is 11.8 Å². The van der Waals surface area contributed by atoms with E-state index in [4.69, 9.17) is 13.9 Å². The van der Waals surface area contributed by atoms with Crippen LogP contribution in [0.1, 0.15) is 13.8 Å². The average molecular weight is 444 g/mol. The predicted molar refractivity (Wildman–Crippen MR) is 115 cm³/mol. The summed E-state index contributed by atoms with van der Waals surface area (Å²) in [6, 6.07) is 11.5. The Bertz CT molecular complexity index is 1050. The quantitative estimate of drug-likeness (QED) is 0.278. The lowest BCUT2D eigenvalue weighted by molar-refractivity contribution is -0.384. The Morgan fingerprint density at radius 1 is 1.10 bits per heavy atom. The molecular weight excluding hydrogens is 424 g/mol. The lowest BCUT2D eigenvalue weighted by Gasteiger charge is -2.07. The van der Waals surface area contributed by atoms with E-state index in [0.29, 0.717) is 24.9 Å². The van der Waals surface area contributed by atoms with Crippen LogP contribution in [0.4, 0.5) is 11.4 Å². The molecule has 2 aromatic carbocycles. The Balaban J connectivity index is 1.60. The number of aromatic nitrogens is 2. The van der Waals surface area contributed by atoms with Crippen molar-refractivity contribution in [2.75, 3.05) is 24.3 Å². The van der Waals surface area contributed by atoms with E-state index in [2.05, 4.69) is 15.5 Å². The SMILES string of the molecule is CCOc1ccc(-c2nnc(SCC(=O)Nc3ccc(OCC)cc3[N+](=O)[O-])o2)cc1. The number of amides is 1. The molecule has 0 radical (unpaired) electrons. The summed E-state index contributed by atoms with van der Waals surface area (Å²) in [5, 5.41) is 21.9. The van der Waals surface area contributed by atoms with Crippen molar-refractivity contribution in [1.29, 1.82) is 0 Å². The van der Waals surface area contributed by atoms with Crippen LogP contribution in [0.15, 0.2) is 52.1 Å². The molecule has 1 heterocycles. The molecule has 1 aromatic heterocycles. The van der Waals surface area contributed by atoms with Crippen LogP contribution in [-0.4, -0.2) is 40.0 Å². The van der Waals surface area contributed by atoms with Crippen LogP contribution in [0, 0.1) is 10.1 Å². The van der Waals surface area contributed by atoms with E-state index in [1.807, 2.05) is 6.92 Å². The molecule has 0 atom stereocenters. The highest BCUT2D eigenvalue weighted by Crippen LogP contribution is 2.30. The molecule has 0 aliphatic heterocycles. The Hall–Kier alpha value is -3.60. The minimum atomic E-state index is -0.577. The second-order valence-corrected chi connectivity index (χ2v) is 6.96. The van der Waals surface area contributed by atoms with Crippen LogP contribution in [0.5, 0.6) is 11.5 Å². The maximum Gasteiger partial charge on any atom is 0.296 e. The van der Waals surface area contributed by atoms with Crippen molar-refractivity contribution in [2.24, 2.45) is 0 Å². The molecular formula is C20H20N4O6S. The van der Waals surface area contributed by atoms with Crippen LogP contribution >= 0.6 is 11.8 Å². The summed E-state index contributed by atoms with van der Waals surface area (Å²) >= 11 is 1.03. The predicted octanol–water partition coefficient (Wildman–Crippen LogP) is 4.17. The summed E-state index contributed by atoms with van der Waals surface area (Å²) in [6.07, 6.45) is 0. The lowest BCUT2D eigenvalue weighted by atomic mass is 10.2. The summed E-state index contributed by atoms with van der Waals surface area (Å²) in [4.78, 5) is 23.0. The third-order valence-corrected chi connectivity index (χ3v) is 4.71. The van der Waals surface area contributed by atoms with Gasteiger partial charge in [-0.05, 0) is 50.2 Å². The maximum absolute atomic E-state index is 12.3. The molecule has 31 heavy (non-hydrogen) atoms. The number of nitrogens with zero attached hydrogens (tertiary/aromatic N) is 3. The van der Waals surface area contributed by atoms with Gasteiger partial charge in [0.05, 0.1) is 30.0 Å². The van der Waals surface area contributed by atoms with Crippen molar-refractivity contribution in [3.05, 3.63) is 52.6 Å². The molecule has 0 saturated carbocycles. The fourth-order valence-corrected chi connectivity index (χ4v) is 3.15. The van der Waals surface area contributed by atoms with Gasteiger partial charge in [0.2, 0.25) is 11.8 Å². The van der Waals surface area contributed by atoms with Crippen LogP contribution < -0.4 is 14.8 Å². The van der Waals surface area contributed by atoms with Gasteiger partial charge in [0.15, 0.2) is 0 Å². The van der Waals surface area contributed by atoms with Gasteiger partial charge in [-0.2, -0.15) is 0 Å². The normalized spacial score (nSPS) is 10.5. The molecule has 3 rings (SSSR count). The van der Waals surface area contributed by atoms with Crippen LogP contribution in [-0.2, 0) is 4.79 Å². The third-order valence-electron chi connectivity index (χ3n) is 3.90. The molecule has 0 aliphatic rings. The fraction of sp³-hybridized carbons (Fsp3) is 0.250. The Morgan fingerprint density at radius 3 is 2.45 bits per heavy atom. The van der Waals surface area contributed by atoms with Gasteiger partial charge < -0.3 is 19.2 Å². The first-order valence-electron chi connectivity index (χ1n) is 9.40. The first-order valence-corrected chi connectivity index (χ1v) is 10.4. The summed E-state index contributed by atoms with van der Waals surface area (Å²) < 4.78 is 16.2. The van der Waals surface area contributed by atoms with Gasteiger partial charge in [0.25, 0.3) is 10.9 Å². The number of anilines is 1. The molecule has 1 N–H and O–H groups in total. The summed E-state index contributed by atoms with van der Waals surface area (Å²) in [7, 11) is 0. The highest BCUT2D eigenvalue weighted by molar-refractivity contribution is 7.99. The second-order valence-electron chi connectivity index (χ2n) is 6.04. The van der Waals surface area contributed by atoms with E-state index in [0.717, 1.165) is 23.1 Å². The third kappa shape index (κ3) is 5.95. The van der Waals surface area contributed by atoms with Gasteiger partial charge in [-0.3, -0.25) is 14.9 Å². The Kier molecular flexibility index (Phi) is 7.44. The van der Waals surface area contributed by atoms with Crippen LogP contribution in [0.3, 0.4) is 0 Å². The zero-order valence-corrected chi connectivity index (χ0v) is 17.7. The molecule has 10 nitrogen and oxygen atoms in total. The minimum absolute atomic E-state index is 0.0602. The molecule has 0 aliphatic carbocycles. The molecule has 0 bridgehead atoms. The van der Waals surface area contributed by atoms with E-state index >= 15 is 0 Å². The first kappa shape index (κ1) is 22.1. The number of thioether (sulfide) groups is 1. The van der Waals surface area contributed by atoms with Gasteiger partial charge in [-0.15, -0.1) is 10.2 Å². The Morgan fingerprint density at radius 2 is 1.77 bits per heavy atom. The number of rotatable bonds is 10. The van der Waals surface area contributed by atoms with Crippen molar-refractivity contribution < 1.29 is 23.6 Å². The van der Waals surface area contributed by atoms with Gasteiger partial charge >= 0.3 is 0 Å². The number of nitro benzene ring substituents is 1. The number of ether oxygens (including phenoxy) is 2. The smallest absolute Gasteiger partial charge is 0.296 e. The van der Waals surface area contributed by atoms with Gasteiger partial charge in [0, 0.05) is 5.56 Å². The molecule has 3 aromatic rings. The number of nitrogens with one attached hydrogen (secondary N) is 1. The second kappa shape index (κ2) is 10.4. The fourth-order valence-electron chi connectivity index (χ4n) is 2.58. The molecule has 0 spiro atoms. The maximum atomic E-state index is 12.3. The van der Waals surface area contributed by atoms with E-state index in [-0.39, 0.29) is 22.4 Å². The largest absolute Gasteiger partial charge is 0.494 e. The van der Waals surface area contributed by atoms with E-state index in [1.54, 1.807) is 37.3 Å². The number of carbonyl (C=O) groups excluding carboxylic acids is 1. The van der Waals surface area contributed by atoms with Crippen molar-refractivity contribution >= 4 is 29.0 Å². The van der Waals surface area contributed by atoms with E-state index in [1.165, 1.54) is 12.1 Å². The number of benzene rings is 2. The van der Waals surface area contributed by atoms with Crippen molar-refractivity contribution in [2.45, 2.75) is 19.1 Å². The topological polar surface area (TPSA) is 130 Å². The van der Waals surface area contributed by atoms with Crippen molar-refractivity contribution in [3.8, 4) is 23.0 Å². The molecule has 11 heteroatoms. The zero-order valence-electron chi connectivity index (χ0n) is 16.9. The van der Waals surface area contributed by atoms with Crippen LogP contribution in [0.25, 0.3) is 11.5 Å². The first-order chi connectivity index (χ1) is 15.0. The van der Waals surface area contributed by atoms with Crippen molar-refractivity contribution in [3.63, 3.8) is 0 Å². The van der Waals surface area contributed by atoms with Crippen LogP contribution in [0.2, 0.25) is 0 Å². The van der Waals surface area contributed by atoms with E-state index in [9.17, 15) is 14.9 Å². The number of nitro groups is 1. The molecule has 0 fully saturated rings. The molecule has 0 saturated heterocycles. The summed E-state index contributed by atoms with van der Waals surface area (Å²) in [5.41, 5.74) is 0.553. The zero-order chi connectivity index (χ0) is 22.2. The number of hydrogen-bond donors (Lipinski definition) is 1. The number of hydrogen-bond acceptors (Lipinski definition) is 9. The highest BCUT2D eigenvalue weighted by Gasteiger charge is 2.18. The standard InChI is InChI=1S/C20H20N4O6S/c1-3-28-14-7-5-13(6-8-14)19-22-23-20(30-19)31-12-18(25)21-16-10-9-15(29-4-2)11-17(16)24(26)27/h5-11H,3-4,12H2,1-2H3,(H,21,25). The lowest BCUT2D eigenvalue weighted by Crippen LogP contribution is -2.15. The highest BCUT2D eigenvalue weighted by atomic mass is 32.2. The molecule has 0 unspecified atom stereocenters. The van der Waals surface area contributed by atoms with Gasteiger partial charge in [-0.25, -0.2) is 0 Å². The minimum Gasteiger partial charge on any atom is -0.494 e. The molecule has 162 valence electrons. The molecule has 1 amide bonds. The van der Waals surface area contributed by atoms with Gasteiger partial charge in [0.1, 0.15) is 17.2 Å². The van der Waals surface area contributed by atoms with E-state index < -0.39 is 10.8 Å². The monoisotopic (exact) mass is 444 g/mol. The Labute approximate surface area is 182 Å². The average Bonchev–Trinajstić information content (AvgIpc) is 3.23. The summed E-state index contributed by atoms with van der Waals surface area (Å²) in [6.45, 7) is 4.63.